The van der Waals surface area contributed by atoms with Crippen LogP contribution in [-0.2, 0) is 0 Å². The highest BCUT2D eigenvalue weighted by molar-refractivity contribution is 5.38. The van der Waals surface area contributed by atoms with Crippen molar-refractivity contribution in [3.8, 4) is 5.75 Å². The quantitative estimate of drug-likeness (QED) is 0.782. The smallest absolute Gasteiger partial charge is 0.119 e. The second-order valence-electron chi connectivity index (χ2n) is 5.26. The van der Waals surface area contributed by atoms with Gasteiger partial charge in [0.05, 0.1) is 5.60 Å². The fourth-order valence-electron chi connectivity index (χ4n) is 1.76. The molecule has 0 fully saturated rings. The average molecular weight is 234 g/mol. The van der Waals surface area contributed by atoms with E-state index in [0.29, 0.717) is 5.75 Å². The molecule has 1 rings (SSSR count). The molecular weight excluding hydrogens is 212 g/mol. The van der Waals surface area contributed by atoms with E-state index in [9.17, 15) is 10.2 Å². The van der Waals surface area contributed by atoms with Crippen molar-refractivity contribution in [2.75, 3.05) is 0 Å². The Morgan fingerprint density at radius 1 is 1.35 bits per heavy atom. The maximum absolute atomic E-state index is 9.85. The SMILES string of the molecule is Cc1ccc(C(C)CC=CC(C)(C)O)c(O)c1. The Bertz CT molecular complexity index is 400. The minimum absolute atomic E-state index is 0.245. The highest BCUT2D eigenvalue weighted by Gasteiger charge is 2.10. The fraction of sp³-hybridized carbons (Fsp3) is 0.467. The Hall–Kier alpha value is -1.28. The Morgan fingerprint density at radius 2 is 2.00 bits per heavy atom. The molecule has 0 aliphatic carbocycles. The number of benzene rings is 1. The predicted octanol–water partition coefficient (Wildman–Crippen LogP) is 3.52. The van der Waals surface area contributed by atoms with Gasteiger partial charge in [-0.15, -0.1) is 0 Å². The molecule has 0 saturated carbocycles. The molecule has 0 aliphatic rings. The van der Waals surface area contributed by atoms with Crippen molar-refractivity contribution in [2.45, 2.75) is 45.6 Å². The molecule has 0 radical (unpaired) electrons. The van der Waals surface area contributed by atoms with Crippen LogP contribution < -0.4 is 0 Å². The van der Waals surface area contributed by atoms with Gasteiger partial charge in [0, 0.05) is 0 Å². The Kier molecular flexibility index (Phi) is 4.35. The van der Waals surface area contributed by atoms with E-state index < -0.39 is 5.60 Å². The van der Waals surface area contributed by atoms with Crippen LogP contribution in [0, 0.1) is 6.92 Å². The second kappa shape index (κ2) is 5.37. The van der Waals surface area contributed by atoms with Crippen molar-refractivity contribution >= 4 is 0 Å². The van der Waals surface area contributed by atoms with Gasteiger partial charge < -0.3 is 10.2 Å². The van der Waals surface area contributed by atoms with Crippen LogP contribution in [0.5, 0.6) is 5.75 Å². The first-order valence-corrected chi connectivity index (χ1v) is 5.99. The summed E-state index contributed by atoms with van der Waals surface area (Å²) in [5, 5.41) is 19.4. The number of aliphatic hydroxyl groups is 1. The number of allylic oxidation sites excluding steroid dienone is 1. The predicted molar refractivity (Wildman–Crippen MR) is 71.3 cm³/mol. The molecule has 0 spiro atoms. The summed E-state index contributed by atoms with van der Waals surface area (Å²) in [5.41, 5.74) is 1.25. The molecule has 2 heteroatoms. The molecule has 1 atom stereocenters. The van der Waals surface area contributed by atoms with Crippen LogP contribution in [0.15, 0.2) is 30.4 Å². The lowest BCUT2D eigenvalue weighted by Crippen LogP contribution is -2.13. The lowest BCUT2D eigenvalue weighted by Gasteiger charge is -2.14. The number of phenols is 1. The Balaban J connectivity index is 2.70. The molecule has 1 unspecified atom stereocenters. The van der Waals surface area contributed by atoms with E-state index >= 15 is 0 Å². The monoisotopic (exact) mass is 234 g/mol. The van der Waals surface area contributed by atoms with E-state index in [1.807, 2.05) is 25.1 Å². The third kappa shape index (κ3) is 4.61. The van der Waals surface area contributed by atoms with Crippen molar-refractivity contribution in [3.05, 3.63) is 41.5 Å². The third-order valence-corrected chi connectivity index (χ3v) is 2.73. The molecule has 0 saturated heterocycles. The Labute approximate surface area is 104 Å². The first kappa shape index (κ1) is 13.8. The van der Waals surface area contributed by atoms with Gasteiger partial charge in [-0.25, -0.2) is 0 Å². The zero-order valence-corrected chi connectivity index (χ0v) is 11.1. The van der Waals surface area contributed by atoms with E-state index in [4.69, 9.17) is 0 Å². The summed E-state index contributed by atoms with van der Waals surface area (Å²) in [6, 6.07) is 5.75. The lowest BCUT2D eigenvalue weighted by atomic mass is 9.95. The van der Waals surface area contributed by atoms with Gasteiger partial charge in [-0.05, 0) is 50.3 Å². The van der Waals surface area contributed by atoms with E-state index in [1.165, 1.54) is 0 Å². The first-order valence-electron chi connectivity index (χ1n) is 5.99. The fourth-order valence-corrected chi connectivity index (χ4v) is 1.76. The normalized spacial score (nSPS) is 14.2. The maximum atomic E-state index is 9.85. The zero-order valence-electron chi connectivity index (χ0n) is 11.1. The van der Waals surface area contributed by atoms with Crippen molar-refractivity contribution in [1.82, 2.24) is 0 Å². The number of phenolic OH excluding ortho intramolecular Hbond substituents is 1. The number of rotatable bonds is 4. The highest BCUT2D eigenvalue weighted by Crippen LogP contribution is 2.29. The van der Waals surface area contributed by atoms with E-state index in [2.05, 4.69) is 6.92 Å². The molecule has 0 bridgehead atoms. The van der Waals surface area contributed by atoms with Gasteiger partial charge in [0.1, 0.15) is 5.75 Å². The average Bonchev–Trinajstić information content (AvgIpc) is 2.15. The third-order valence-electron chi connectivity index (χ3n) is 2.73. The number of aryl methyl sites for hydroxylation is 1. The lowest BCUT2D eigenvalue weighted by molar-refractivity contribution is 0.133. The zero-order chi connectivity index (χ0) is 13.1. The number of hydrogen-bond acceptors (Lipinski definition) is 2. The molecule has 1 aromatic rings. The van der Waals surface area contributed by atoms with Gasteiger partial charge in [-0.3, -0.25) is 0 Å². The summed E-state index contributed by atoms with van der Waals surface area (Å²) >= 11 is 0. The maximum Gasteiger partial charge on any atom is 0.119 e. The Morgan fingerprint density at radius 3 is 2.53 bits per heavy atom. The molecule has 0 aliphatic heterocycles. The van der Waals surface area contributed by atoms with Crippen LogP contribution in [-0.4, -0.2) is 15.8 Å². The van der Waals surface area contributed by atoms with E-state index in [0.717, 1.165) is 17.5 Å². The molecule has 0 heterocycles. The van der Waals surface area contributed by atoms with Crippen LogP contribution >= 0.6 is 0 Å². The summed E-state index contributed by atoms with van der Waals surface area (Å²) in [6.07, 6.45) is 4.55. The molecule has 2 N–H and O–H groups in total. The van der Waals surface area contributed by atoms with Crippen molar-refractivity contribution in [1.29, 1.82) is 0 Å². The summed E-state index contributed by atoms with van der Waals surface area (Å²) in [5.74, 6) is 0.600. The molecule has 17 heavy (non-hydrogen) atoms. The topological polar surface area (TPSA) is 40.5 Å². The van der Waals surface area contributed by atoms with E-state index in [-0.39, 0.29) is 5.92 Å². The molecule has 2 nitrogen and oxygen atoms in total. The van der Waals surface area contributed by atoms with Crippen LogP contribution in [0.25, 0.3) is 0 Å². The van der Waals surface area contributed by atoms with Crippen molar-refractivity contribution < 1.29 is 10.2 Å². The summed E-state index contributed by atoms with van der Waals surface area (Å²) in [4.78, 5) is 0. The molecule has 94 valence electrons. The van der Waals surface area contributed by atoms with Crippen LogP contribution in [0.2, 0.25) is 0 Å². The minimum atomic E-state index is -0.769. The van der Waals surface area contributed by atoms with Crippen LogP contribution in [0.4, 0.5) is 0 Å². The van der Waals surface area contributed by atoms with Crippen LogP contribution in [0.3, 0.4) is 0 Å². The van der Waals surface area contributed by atoms with Crippen molar-refractivity contribution in [2.24, 2.45) is 0 Å². The van der Waals surface area contributed by atoms with Gasteiger partial charge >= 0.3 is 0 Å². The van der Waals surface area contributed by atoms with E-state index in [1.54, 1.807) is 26.0 Å². The van der Waals surface area contributed by atoms with Crippen molar-refractivity contribution in [3.63, 3.8) is 0 Å². The molecular formula is C15H22O2. The molecule has 0 aromatic heterocycles. The first-order chi connectivity index (χ1) is 7.79. The standard InChI is InChI=1S/C15H22O2/c1-11-7-8-13(14(16)10-11)12(2)6-5-9-15(3,4)17/h5,7-10,12,16-17H,6H2,1-4H3. The molecule has 0 amide bonds. The summed E-state index contributed by atoms with van der Waals surface area (Å²) in [7, 11) is 0. The minimum Gasteiger partial charge on any atom is -0.508 e. The van der Waals surface area contributed by atoms with Gasteiger partial charge in [0.25, 0.3) is 0 Å². The van der Waals surface area contributed by atoms with Gasteiger partial charge in [-0.1, -0.05) is 31.2 Å². The van der Waals surface area contributed by atoms with Gasteiger partial charge in [0.15, 0.2) is 0 Å². The summed E-state index contributed by atoms with van der Waals surface area (Å²) in [6.45, 7) is 7.52. The number of hydrogen-bond donors (Lipinski definition) is 2. The summed E-state index contributed by atoms with van der Waals surface area (Å²) < 4.78 is 0. The second-order valence-corrected chi connectivity index (χ2v) is 5.26. The largest absolute Gasteiger partial charge is 0.508 e. The van der Waals surface area contributed by atoms with Crippen LogP contribution in [0.1, 0.15) is 44.2 Å². The van der Waals surface area contributed by atoms with Gasteiger partial charge in [0.2, 0.25) is 0 Å². The highest BCUT2D eigenvalue weighted by atomic mass is 16.3. The van der Waals surface area contributed by atoms with Gasteiger partial charge in [-0.2, -0.15) is 0 Å². The number of aromatic hydroxyl groups is 1. The molecule has 1 aromatic carbocycles.